The van der Waals surface area contributed by atoms with Gasteiger partial charge in [-0.15, -0.1) is 0 Å². The summed E-state index contributed by atoms with van der Waals surface area (Å²) < 4.78 is 0. The van der Waals surface area contributed by atoms with Gasteiger partial charge in [-0.2, -0.15) is 0 Å². The summed E-state index contributed by atoms with van der Waals surface area (Å²) >= 11 is 0. The van der Waals surface area contributed by atoms with E-state index in [4.69, 9.17) is 0 Å². The van der Waals surface area contributed by atoms with Crippen LogP contribution in [0.15, 0.2) is 0 Å². The molecule has 2 aliphatic carbocycles. The Morgan fingerprint density at radius 3 is 2.42 bits per heavy atom. The Kier molecular flexibility index (Phi) is 3.06. The molecule has 106 valence electrons. The quantitative estimate of drug-likeness (QED) is 0.840. The van der Waals surface area contributed by atoms with Gasteiger partial charge in [0.25, 0.3) is 0 Å². The fourth-order valence-electron chi connectivity index (χ4n) is 3.45. The maximum atomic E-state index is 12.6. The van der Waals surface area contributed by atoms with Gasteiger partial charge in [-0.05, 0) is 50.9 Å². The van der Waals surface area contributed by atoms with Crippen molar-refractivity contribution >= 4 is 11.8 Å². The Bertz CT molecular complexity index is 401. The van der Waals surface area contributed by atoms with Crippen molar-refractivity contribution in [2.24, 2.45) is 11.8 Å². The number of carbonyl (C=O) groups is 2. The summed E-state index contributed by atoms with van der Waals surface area (Å²) in [6.45, 7) is 4.72. The molecular formula is C15H24N2O2. The van der Waals surface area contributed by atoms with E-state index in [0.29, 0.717) is 18.3 Å². The van der Waals surface area contributed by atoms with Crippen molar-refractivity contribution in [2.75, 3.05) is 6.54 Å². The number of nitrogens with one attached hydrogen (secondary N) is 1. The van der Waals surface area contributed by atoms with E-state index >= 15 is 0 Å². The fraction of sp³-hybridized carbons (Fsp3) is 0.867. The van der Waals surface area contributed by atoms with Gasteiger partial charge in [-0.25, -0.2) is 0 Å². The SMILES string of the molecule is CCC1NC(=O)C(C)(C2CC2)N(CC2CCC2)C1=O. The first-order valence-corrected chi connectivity index (χ1v) is 7.69. The molecular weight excluding hydrogens is 240 g/mol. The van der Waals surface area contributed by atoms with Crippen LogP contribution in [0.3, 0.4) is 0 Å². The second-order valence-corrected chi connectivity index (χ2v) is 6.60. The van der Waals surface area contributed by atoms with E-state index < -0.39 is 5.54 Å². The van der Waals surface area contributed by atoms with Crippen molar-refractivity contribution in [3.8, 4) is 0 Å². The smallest absolute Gasteiger partial charge is 0.246 e. The van der Waals surface area contributed by atoms with Crippen molar-refractivity contribution in [1.29, 1.82) is 0 Å². The predicted octanol–water partition coefficient (Wildman–Crippen LogP) is 1.69. The maximum absolute atomic E-state index is 12.6. The third-order valence-electron chi connectivity index (χ3n) is 5.34. The number of amides is 2. The highest BCUT2D eigenvalue weighted by Crippen LogP contribution is 2.46. The third kappa shape index (κ3) is 1.96. The second-order valence-electron chi connectivity index (χ2n) is 6.60. The van der Waals surface area contributed by atoms with Gasteiger partial charge in [0.1, 0.15) is 11.6 Å². The van der Waals surface area contributed by atoms with Crippen LogP contribution < -0.4 is 5.32 Å². The first kappa shape index (κ1) is 12.9. The summed E-state index contributed by atoms with van der Waals surface area (Å²) in [7, 11) is 0. The molecule has 0 aromatic heterocycles. The van der Waals surface area contributed by atoms with Crippen LogP contribution in [0.4, 0.5) is 0 Å². The highest BCUT2D eigenvalue weighted by atomic mass is 16.2. The van der Waals surface area contributed by atoms with Gasteiger partial charge in [0.05, 0.1) is 0 Å². The van der Waals surface area contributed by atoms with Gasteiger partial charge < -0.3 is 10.2 Å². The highest BCUT2D eigenvalue weighted by Gasteiger charge is 2.57. The van der Waals surface area contributed by atoms with E-state index in [1.165, 1.54) is 19.3 Å². The van der Waals surface area contributed by atoms with Crippen LogP contribution in [0.1, 0.15) is 52.4 Å². The molecule has 1 aliphatic heterocycles. The monoisotopic (exact) mass is 264 g/mol. The number of hydrogen-bond acceptors (Lipinski definition) is 2. The molecule has 3 rings (SSSR count). The zero-order chi connectivity index (χ0) is 13.6. The summed E-state index contributed by atoms with van der Waals surface area (Å²) in [6, 6.07) is -0.306. The molecule has 2 saturated carbocycles. The maximum Gasteiger partial charge on any atom is 0.246 e. The van der Waals surface area contributed by atoms with Gasteiger partial charge >= 0.3 is 0 Å². The van der Waals surface area contributed by atoms with Crippen LogP contribution in [-0.2, 0) is 9.59 Å². The summed E-state index contributed by atoms with van der Waals surface area (Å²) in [5.74, 6) is 1.20. The van der Waals surface area contributed by atoms with E-state index in [9.17, 15) is 9.59 Å². The molecule has 0 aromatic rings. The Balaban J connectivity index is 1.86. The van der Waals surface area contributed by atoms with Crippen molar-refractivity contribution in [1.82, 2.24) is 10.2 Å². The van der Waals surface area contributed by atoms with E-state index in [-0.39, 0.29) is 17.9 Å². The zero-order valence-corrected chi connectivity index (χ0v) is 11.9. The summed E-state index contributed by atoms with van der Waals surface area (Å²) in [5, 5.41) is 2.94. The average molecular weight is 264 g/mol. The minimum Gasteiger partial charge on any atom is -0.342 e. The summed E-state index contributed by atoms with van der Waals surface area (Å²) in [4.78, 5) is 27.1. The molecule has 1 heterocycles. The lowest BCUT2D eigenvalue weighted by Gasteiger charge is -2.48. The molecule has 2 unspecified atom stereocenters. The number of rotatable bonds is 4. The molecule has 0 spiro atoms. The number of piperazine rings is 1. The number of nitrogens with zero attached hydrogens (tertiary/aromatic N) is 1. The Morgan fingerprint density at radius 1 is 1.26 bits per heavy atom. The lowest BCUT2D eigenvalue weighted by atomic mass is 9.81. The van der Waals surface area contributed by atoms with E-state index in [0.717, 1.165) is 19.4 Å². The van der Waals surface area contributed by atoms with Gasteiger partial charge in [-0.1, -0.05) is 13.3 Å². The largest absolute Gasteiger partial charge is 0.342 e. The lowest BCUT2D eigenvalue weighted by molar-refractivity contribution is -0.159. The first-order chi connectivity index (χ1) is 9.07. The molecule has 0 bridgehead atoms. The molecule has 0 radical (unpaired) electrons. The van der Waals surface area contributed by atoms with Crippen molar-refractivity contribution in [3.63, 3.8) is 0 Å². The Morgan fingerprint density at radius 2 is 1.95 bits per heavy atom. The molecule has 4 nitrogen and oxygen atoms in total. The number of hydrogen-bond donors (Lipinski definition) is 1. The molecule has 3 fully saturated rings. The molecule has 0 aromatic carbocycles. The molecule has 2 atom stereocenters. The van der Waals surface area contributed by atoms with Crippen LogP contribution in [0.2, 0.25) is 0 Å². The van der Waals surface area contributed by atoms with Gasteiger partial charge in [0, 0.05) is 6.54 Å². The second kappa shape index (κ2) is 4.50. The van der Waals surface area contributed by atoms with Crippen LogP contribution >= 0.6 is 0 Å². The van der Waals surface area contributed by atoms with E-state index in [2.05, 4.69) is 5.32 Å². The number of carbonyl (C=O) groups excluding carboxylic acids is 2. The average Bonchev–Trinajstić information content (AvgIpc) is 3.15. The predicted molar refractivity (Wildman–Crippen MR) is 72.4 cm³/mol. The summed E-state index contributed by atoms with van der Waals surface area (Å²) in [6.07, 6.45) is 6.54. The highest BCUT2D eigenvalue weighted by molar-refractivity contribution is 6.00. The molecule has 1 N–H and O–H groups in total. The molecule has 3 aliphatic rings. The zero-order valence-electron chi connectivity index (χ0n) is 11.9. The van der Waals surface area contributed by atoms with Crippen LogP contribution in [0, 0.1) is 11.8 Å². The minimum absolute atomic E-state index is 0.0702. The standard InChI is InChI=1S/C15H24N2O2/c1-3-12-13(18)17(9-10-5-4-6-10)15(2,11-7-8-11)14(19)16-12/h10-12H,3-9H2,1-2H3,(H,16,19). The van der Waals surface area contributed by atoms with E-state index in [1.54, 1.807) is 0 Å². The Labute approximate surface area is 114 Å². The topological polar surface area (TPSA) is 49.4 Å². The third-order valence-corrected chi connectivity index (χ3v) is 5.34. The van der Waals surface area contributed by atoms with Crippen molar-refractivity contribution in [3.05, 3.63) is 0 Å². The minimum atomic E-state index is -0.585. The van der Waals surface area contributed by atoms with Gasteiger partial charge in [-0.3, -0.25) is 9.59 Å². The van der Waals surface area contributed by atoms with E-state index in [1.807, 2.05) is 18.7 Å². The van der Waals surface area contributed by atoms with Crippen LogP contribution in [-0.4, -0.2) is 34.8 Å². The van der Waals surface area contributed by atoms with Crippen LogP contribution in [0.5, 0.6) is 0 Å². The normalized spacial score (nSPS) is 36.1. The van der Waals surface area contributed by atoms with Crippen LogP contribution in [0.25, 0.3) is 0 Å². The Hall–Kier alpha value is -1.06. The molecule has 1 saturated heterocycles. The van der Waals surface area contributed by atoms with Crippen molar-refractivity contribution < 1.29 is 9.59 Å². The summed E-state index contributed by atoms with van der Waals surface area (Å²) in [5.41, 5.74) is -0.585. The first-order valence-electron chi connectivity index (χ1n) is 7.69. The van der Waals surface area contributed by atoms with Gasteiger partial charge in [0.15, 0.2) is 0 Å². The van der Waals surface area contributed by atoms with Gasteiger partial charge in [0.2, 0.25) is 11.8 Å². The molecule has 19 heavy (non-hydrogen) atoms. The lowest BCUT2D eigenvalue weighted by Crippen LogP contribution is -2.71. The fourth-order valence-corrected chi connectivity index (χ4v) is 3.45. The molecule has 2 amide bonds. The molecule has 4 heteroatoms. The van der Waals surface area contributed by atoms with Crippen molar-refractivity contribution in [2.45, 2.75) is 64.0 Å².